The third-order valence-corrected chi connectivity index (χ3v) is 4.80. The molecule has 0 radical (unpaired) electrons. The second-order valence-electron chi connectivity index (χ2n) is 6.47. The van der Waals surface area contributed by atoms with E-state index in [4.69, 9.17) is 10.8 Å². The van der Waals surface area contributed by atoms with Crippen LogP contribution in [0.15, 0.2) is 24.3 Å². The normalized spacial score (nSPS) is 14.7. The van der Waals surface area contributed by atoms with Gasteiger partial charge >= 0.3 is 5.97 Å². The van der Waals surface area contributed by atoms with E-state index in [0.29, 0.717) is 23.2 Å². The molecule has 0 aliphatic carbocycles. The number of rotatable bonds is 5. The molecule has 0 bridgehead atoms. The number of carboxylic acids is 1. The first-order chi connectivity index (χ1) is 12.8. The third-order valence-electron chi connectivity index (χ3n) is 4.80. The van der Waals surface area contributed by atoms with Gasteiger partial charge in [0.05, 0.1) is 17.8 Å². The van der Waals surface area contributed by atoms with E-state index < -0.39 is 17.8 Å². The molecule has 7 heteroatoms. The average molecular weight is 367 g/mol. The number of aromatic amines is 1. The molecule has 0 unspecified atom stereocenters. The minimum Gasteiger partial charge on any atom is -0.481 e. The number of carbonyl (C=O) groups excluding carboxylic acids is 2. The molecule has 7 nitrogen and oxygen atoms in total. The fourth-order valence-corrected chi connectivity index (χ4v) is 3.43. The van der Waals surface area contributed by atoms with Crippen LogP contribution in [0.2, 0.25) is 0 Å². The van der Waals surface area contributed by atoms with Gasteiger partial charge in [0.1, 0.15) is 0 Å². The second-order valence-corrected chi connectivity index (χ2v) is 6.47. The van der Waals surface area contributed by atoms with Crippen LogP contribution in [-0.4, -0.2) is 34.4 Å². The Bertz CT molecular complexity index is 972. The predicted molar refractivity (Wildman–Crippen MR) is 102 cm³/mol. The Morgan fingerprint density at radius 3 is 2.63 bits per heavy atom. The van der Waals surface area contributed by atoms with Crippen LogP contribution < -0.4 is 10.6 Å². The molecule has 140 valence electrons. The van der Waals surface area contributed by atoms with Crippen molar-refractivity contribution in [2.45, 2.75) is 26.7 Å². The molecule has 0 saturated heterocycles. The minimum absolute atomic E-state index is 0.0378. The van der Waals surface area contributed by atoms with E-state index in [-0.39, 0.29) is 13.0 Å². The summed E-state index contributed by atoms with van der Waals surface area (Å²) in [5.41, 5.74) is 10.5. The number of nitrogens with two attached hydrogens (primary N) is 1. The predicted octanol–water partition coefficient (Wildman–Crippen LogP) is 2.02. The highest BCUT2D eigenvalue weighted by atomic mass is 16.4. The van der Waals surface area contributed by atoms with Crippen molar-refractivity contribution in [3.05, 3.63) is 52.3 Å². The van der Waals surface area contributed by atoms with E-state index in [1.165, 1.54) is 0 Å². The second kappa shape index (κ2) is 7.20. The minimum atomic E-state index is -0.856. The molecule has 1 aromatic carbocycles. The van der Waals surface area contributed by atoms with Gasteiger partial charge in [0, 0.05) is 23.4 Å². The standard InChI is InChI=1S/C20H21N3O4/c1-11-13(7-8-19(25)26)12(2)22-16(11)9-15-14-5-3-4-6-17(14)23(20(15)27)18(24)10-21/h3-6,9,22H,7-8,10,21H2,1-2H3,(H,25,26)/b15-9-. The number of aromatic nitrogens is 1. The van der Waals surface area contributed by atoms with E-state index in [1.807, 2.05) is 19.9 Å². The van der Waals surface area contributed by atoms with Gasteiger partial charge in [-0.25, -0.2) is 4.90 Å². The highest BCUT2D eigenvalue weighted by molar-refractivity contribution is 6.42. The summed E-state index contributed by atoms with van der Waals surface area (Å²) in [7, 11) is 0. The monoisotopic (exact) mass is 367 g/mol. The highest BCUT2D eigenvalue weighted by Crippen LogP contribution is 2.38. The highest BCUT2D eigenvalue weighted by Gasteiger charge is 2.35. The van der Waals surface area contributed by atoms with E-state index >= 15 is 0 Å². The van der Waals surface area contributed by atoms with Crippen molar-refractivity contribution in [1.29, 1.82) is 0 Å². The van der Waals surface area contributed by atoms with E-state index in [9.17, 15) is 14.4 Å². The van der Waals surface area contributed by atoms with Crippen molar-refractivity contribution in [2.75, 3.05) is 11.4 Å². The Morgan fingerprint density at radius 2 is 1.96 bits per heavy atom. The van der Waals surface area contributed by atoms with Gasteiger partial charge in [-0.1, -0.05) is 18.2 Å². The number of hydrogen-bond donors (Lipinski definition) is 3. The van der Waals surface area contributed by atoms with Crippen LogP contribution in [-0.2, 0) is 20.8 Å². The zero-order chi connectivity index (χ0) is 19.7. The molecular weight excluding hydrogens is 346 g/mol. The largest absolute Gasteiger partial charge is 0.481 e. The number of fused-ring (bicyclic) bond motifs is 1. The number of H-pyrrole nitrogens is 1. The summed E-state index contributed by atoms with van der Waals surface area (Å²) in [6.07, 6.45) is 2.17. The SMILES string of the molecule is Cc1[nH]c(/C=C2\C(=O)N(C(=O)CN)c3ccccc32)c(C)c1CCC(=O)O. The zero-order valence-electron chi connectivity index (χ0n) is 15.2. The van der Waals surface area contributed by atoms with Crippen LogP contribution in [0.25, 0.3) is 11.6 Å². The number of benzene rings is 1. The van der Waals surface area contributed by atoms with Gasteiger partial charge < -0.3 is 15.8 Å². The van der Waals surface area contributed by atoms with Gasteiger partial charge in [-0.05, 0) is 43.5 Å². The van der Waals surface area contributed by atoms with Crippen molar-refractivity contribution in [2.24, 2.45) is 5.73 Å². The van der Waals surface area contributed by atoms with Crippen LogP contribution in [0.1, 0.15) is 34.5 Å². The maximum Gasteiger partial charge on any atom is 0.303 e. The number of amides is 2. The first-order valence-corrected chi connectivity index (χ1v) is 8.63. The van der Waals surface area contributed by atoms with Crippen LogP contribution >= 0.6 is 0 Å². The van der Waals surface area contributed by atoms with Gasteiger partial charge in [0.15, 0.2) is 0 Å². The Labute approximate surface area is 156 Å². The Kier molecular flexibility index (Phi) is 4.96. The molecule has 4 N–H and O–H groups in total. The van der Waals surface area contributed by atoms with Crippen molar-refractivity contribution >= 4 is 35.1 Å². The van der Waals surface area contributed by atoms with E-state index in [0.717, 1.165) is 27.4 Å². The maximum atomic E-state index is 12.9. The molecule has 2 aromatic rings. The molecule has 2 heterocycles. The van der Waals surface area contributed by atoms with Crippen molar-refractivity contribution in [1.82, 2.24) is 4.98 Å². The summed E-state index contributed by atoms with van der Waals surface area (Å²) in [5, 5.41) is 8.93. The van der Waals surface area contributed by atoms with Gasteiger partial charge in [-0.3, -0.25) is 14.4 Å². The Hall–Kier alpha value is -3.19. The van der Waals surface area contributed by atoms with E-state index in [1.54, 1.807) is 24.3 Å². The number of anilines is 1. The zero-order valence-corrected chi connectivity index (χ0v) is 15.2. The topological polar surface area (TPSA) is 116 Å². The van der Waals surface area contributed by atoms with Crippen LogP contribution in [0.3, 0.4) is 0 Å². The smallest absolute Gasteiger partial charge is 0.303 e. The quantitative estimate of drug-likeness (QED) is 0.699. The number of para-hydroxylation sites is 1. The van der Waals surface area contributed by atoms with Crippen molar-refractivity contribution < 1.29 is 19.5 Å². The number of nitrogens with one attached hydrogen (secondary N) is 1. The summed E-state index contributed by atoms with van der Waals surface area (Å²) < 4.78 is 0. The van der Waals surface area contributed by atoms with Crippen molar-refractivity contribution in [3.63, 3.8) is 0 Å². The molecule has 27 heavy (non-hydrogen) atoms. The van der Waals surface area contributed by atoms with Crippen LogP contribution in [0.5, 0.6) is 0 Å². The number of hydrogen-bond acceptors (Lipinski definition) is 4. The molecule has 0 saturated carbocycles. The molecule has 3 rings (SSSR count). The fourth-order valence-electron chi connectivity index (χ4n) is 3.43. The van der Waals surface area contributed by atoms with Crippen LogP contribution in [0, 0.1) is 13.8 Å². The average Bonchev–Trinajstić information content (AvgIpc) is 3.07. The molecular formula is C20H21N3O4. The first-order valence-electron chi connectivity index (χ1n) is 8.63. The number of carbonyl (C=O) groups is 3. The number of imide groups is 1. The van der Waals surface area contributed by atoms with Crippen LogP contribution in [0.4, 0.5) is 5.69 Å². The van der Waals surface area contributed by atoms with Crippen molar-refractivity contribution in [3.8, 4) is 0 Å². The summed E-state index contributed by atoms with van der Waals surface area (Å²) in [6, 6.07) is 7.08. The fraction of sp³-hybridized carbons (Fsp3) is 0.250. The molecule has 2 amide bonds. The first kappa shape index (κ1) is 18.6. The van der Waals surface area contributed by atoms with Gasteiger partial charge in [0.2, 0.25) is 5.91 Å². The summed E-state index contributed by atoms with van der Waals surface area (Å²) in [5.74, 6) is -1.73. The van der Waals surface area contributed by atoms with E-state index in [2.05, 4.69) is 4.98 Å². The number of carboxylic acid groups (broad SMARTS) is 1. The summed E-state index contributed by atoms with van der Waals surface area (Å²) in [6.45, 7) is 3.51. The van der Waals surface area contributed by atoms with Gasteiger partial charge in [-0.15, -0.1) is 0 Å². The Morgan fingerprint density at radius 1 is 1.26 bits per heavy atom. The molecule has 0 atom stereocenters. The number of nitrogens with zero attached hydrogens (tertiary/aromatic N) is 1. The third kappa shape index (κ3) is 3.29. The van der Waals surface area contributed by atoms with Gasteiger partial charge in [-0.2, -0.15) is 0 Å². The molecule has 1 aliphatic rings. The molecule has 0 spiro atoms. The summed E-state index contributed by atoms with van der Waals surface area (Å²) >= 11 is 0. The lowest BCUT2D eigenvalue weighted by atomic mass is 10.0. The Balaban J connectivity index is 2.05. The lowest BCUT2D eigenvalue weighted by Crippen LogP contribution is -2.38. The number of aliphatic carboxylic acids is 1. The molecule has 1 aromatic heterocycles. The number of aryl methyl sites for hydroxylation is 1. The molecule has 0 fully saturated rings. The van der Waals surface area contributed by atoms with Gasteiger partial charge in [0.25, 0.3) is 5.91 Å². The lowest BCUT2D eigenvalue weighted by Gasteiger charge is -2.13. The molecule has 1 aliphatic heterocycles. The maximum absolute atomic E-state index is 12.9. The summed E-state index contributed by atoms with van der Waals surface area (Å²) in [4.78, 5) is 40.2. The lowest BCUT2D eigenvalue weighted by molar-refractivity contribution is -0.137.